The van der Waals surface area contributed by atoms with E-state index in [9.17, 15) is 0 Å². The monoisotopic (exact) mass is 392 g/mol. The van der Waals surface area contributed by atoms with Gasteiger partial charge in [0.05, 0.1) is 24.2 Å². The lowest BCUT2D eigenvalue weighted by molar-refractivity contribution is 0.0761. The van der Waals surface area contributed by atoms with E-state index in [2.05, 4.69) is 26.7 Å². The molecule has 0 bridgehead atoms. The van der Waals surface area contributed by atoms with E-state index < -0.39 is 0 Å². The predicted molar refractivity (Wildman–Crippen MR) is 111 cm³/mol. The average molecular weight is 393 g/mol. The van der Waals surface area contributed by atoms with E-state index in [4.69, 9.17) is 9.72 Å². The Kier molecular flexibility index (Phi) is 4.78. The Hall–Kier alpha value is -2.41. The summed E-state index contributed by atoms with van der Waals surface area (Å²) in [4.78, 5) is 5.35. The van der Waals surface area contributed by atoms with Gasteiger partial charge in [-0.3, -0.25) is 9.67 Å². The Balaban J connectivity index is 1.82. The van der Waals surface area contributed by atoms with Crippen molar-refractivity contribution in [1.29, 1.82) is 0 Å². The molecular weight excluding hydrogens is 364 g/mol. The molecule has 0 amide bonds. The third-order valence-corrected chi connectivity index (χ3v) is 6.69. The molecule has 3 heterocycles. The first-order valence-electron chi connectivity index (χ1n) is 10.7. The van der Waals surface area contributed by atoms with Crippen LogP contribution in [0.25, 0.3) is 11.1 Å². The van der Waals surface area contributed by atoms with Gasteiger partial charge in [0.2, 0.25) is 0 Å². The maximum Gasteiger partial charge on any atom is 0.107 e. The van der Waals surface area contributed by atoms with Crippen LogP contribution in [0.1, 0.15) is 61.0 Å². The molecule has 7 nitrogen and oxygen atoms in total. The number of hydrogen-bond acceptors (Lipinski definition) is 6. The van der Waals surface area contributed by atoms with Crippen LogP contribution in [0.15, 0.2) is 27.8 Å². The fourth-order valence-corrected chi connectivity index (χ4v) is 5.13. The molecule has 1 aliphatic heterocycles. The topological polar surface area (TPSA) is 77.0 Å². The van der Waals surface area contributed by atoms with Gasteiger partial charge in [-0.1, -0.05) is 12.8 Å². The first kappa shape index (κ1) is 18.6. The van der Waals surface area contributed by atoms with Crippen LogP contribution in [-0.4, -0.2) is 40.7 Å². The Bertz CT molecular complexity index is 985. The number of hydrogen-bond donors (Lipinski definition) is 0. The molecule has 152 valence electrons. The minimum absolute atomic E-state index is 0.0342. The number of pyridine rings is 1. The molecule has 0 unspecified atom stereocenters. The van der Waals surface area contributed by atoms with Gasteiger partial charge in [-0.15, -0.1) is 5.10 Å². The molecule has 1 fully saturated rings. The number of methoxy groups -OCH3 is 1. The fourth-order valence-electron chi connectivity index (χ4n) is 5.13. The third kappa shape index (κ3) is 3.12. The van der Waals surface area contributed by atoms with Crippen molar-refractivity contribution in [3.8, 4) is 11.1 Å². The van der Waals surface area contributed by atoms with E-state index in [1.54, 1.807) is 7.11 Å². The lowest BCUT2D eigenvalue weighted by atomic mass is 9.64. The van der Waals surface area contributed by atoms with Gasteiger partial charge in [0.15, 0.2) is 0 Å². The smallest absolute Gasteiger partial charge is 0.107 e. The molecule has 2 aliphatic carbocycles. The van der Waals surface area contributed by atoms with Crippen molar-refractivity contribution in [2.45, 2.75) is 56.8 Å². The molecule has 0 aromatic carbocycles. The van der Waals surface area contributed by atoms with Gasteiger partial charge in [0, 0.05) is 48.2 Å². The van der Waals surface area contributed by atoms with E-state index in [1.807, 2.05) is 17.9 Å². The highest BCUT2D eigenvalue weighted by molar-refractivity contribution is 6.09. The number of aromatic nitrogens is 3. The van der Waals surface area contributed by atoms with Crippen molar-refractivity contribution in [3.05, 3.63) is 34.9 Å². The second-order valence-electron chi connectivity index (χ2n) is 8.60. The molecular formula is C22H28N6O. The highest BCUT2D eigenvalue weighted by Gasteiger charge is 2.44. The summed E-state index contributed by atoms with van der Waals surface area (Å²) >= 11 is 0. The maximum absolute atomic E-state index is 5.70. The van der Waals surface area contributed by atoms with Crippen molar-refractivity contribution in [3.63, 3.8) is 0 Å². The highest BCUT2D eigenvalue weighted by atomic mass is 16.5. The van der Waals surface area contributed by atoms with E-state index in [0.29, 0.717) is 13.2 Å². The van der Waals surface area contributed by atoms with Gasteiger partial charge in [0.25, 0.3) is 0 Å². The quantitative estimate of drug-likeness (QED) is 0.722. The summed E-state index contributed by atoms with van der Waals surface area (Å²) in [5.41, 5.74) is 8.22. The van der Waals surface area contributed by atoms with Crippen molar-refractivity contribution < 1.29 is 4.74 Å². The number of aryl methyl sites for hydroxylation is 2. The van der Waals surface area contributed by atoms with E-state index in [1.165, 1.54) is 42.5 Å². The number of rotatable bonds is 5. The van der Waals surface area contributed by atoms with Crippen LogP contribution < -0.4 is 0 Å². The van der Waals surface area contributed by atoms with Crippen molar-refractivity contribution in [1.82, 2.24) is 14.8 Å². The van der Waals surface area contributed by atoms with Gasteiger partial charge >= 0.3 is 0 Å². The van der Waals surface area contributed by atoms with Gasteiger partial charge in [-0.2, -0.15) is 10.2 Å². The van der Waals surface area contributed by atoms with Crippen molar-refractivity contribution >= 4 is 5.71 Å². The van der Waals surface area contributed by atoms with Crippen LogP contribution in [0.4, 0.5) is 0 Å². The normalized spacial score (nSPS) is 20.1. The summed E-state index contributed by atoms with van der Waals surface area (Å²) in [6.07, 6.45) is 13.3. The predicted octanol–water partition coefficient (Wildman–Crippen LogP) is 3.99. The second-order valence-corrected chi connectivity index (χ2v) is 8.60. The standard InChI is InChI=1S/C22H28N6O/c1-28-13-15(11-24-28)19-16-7-4-3-5-8-17(16)25-21(20(19)18-12-23-27-26-18)22(14-29-2)9-6-10-22/h11,13H,3-10,12,14H2,1-2H3. The largest absolute Gasteiger partial charge is 0.384 e. The first-order chi connectivity index (χ1) is 14.2. The molecule has 2 aromatic heterocycles. The van der Waals surface area contributed by atoms with E-state index in [-0.39, 0.29) is 5.41 Å². The van der Waals surface area contributed by atoms with Crippen LogP contribution >= 0.6 is 0 Å². The Morgan fingerprint density at radius 2 is 1.97 bits per heavy atom. The van der Waals surface area contributed by atoms with Crippen LogP contribution in [0.3, 0.4) is 0 Å². The summed E-state index contributed by atoms with van der Waals surface area (Å²) in [6.45, 7) is 1.21. The molecule has 0 radical (unpaired) electrons. The summed E-state index contributed by atoms with van der Waals surface area (Å²) in [5, 5.41) is 17.0. The van der Waals surface area contributed by atoms with Gasteiger partial charge < -0.3 is 4.74 Å². The molecule has 1 saturated carbocycles. The Labute approximate surface area is 171 Å². The molecule has 0 atom stereocenters. The minimum atomic E-state index is -0.0342. The van der Waals surface area contributed by atoms with E-state index in [0.717, 1.165) is 48.2 Å². The summed E-state index contributed by atoms with van der Waals surface area (Å²) in [6, 6.07) is 0. The minimum Gasteiger partial charge on any atom is -0.384 e. The van der Waals surface area contributed by atoms with Crippen molar-refractivity contribution in [2.24, 2.45) is 22.5 Å². The zero-order valence-electron chi connectivity index (χ0n) is 17.3. The fraction of sp³-hybridized carbons (Fsp3) is 0.591. The van der Waals surface area contributed by atoms with Crippen LogP contribution in [0.2, 0.25) is 0 Å². The molecule has 0 spiro atoms. The Morgan fingerprint density at radius 1 is 1.10 bits per heavy atom. The van der Waals surface area contributed by atoms with Gasteiger partial charge in [-0.25, -0.2) is 0 Å². The maximum atomic E-state index is 5.70. The lowest BCUT2D eigenvalue weighted by Gasteiger charge is -2.42. The van der Waals surface area contributed by atoms with Gasteiger partial charge in [-0.05, 0) is 49.3 Å². The summed E-state index contributed by atoms with van der Waals surface area (Å²) < 4.78 is 7.57. The lowest BCUT2D eigenvalue weighted by Crippen LogP contribution is -2.41. The molecule has 29 heavy (non-hydrogen) atoms. The SMILES string of the molecule is COCC1(c2nc3c(c(-c4cnn(C)c4)c2C2=NN=NC2)CCCCC3)CCC1. The highest BCUT2D eigenvalue weighted by Crippen LogP contribution is 2.48. The molecule has 2 aromatic rings. The van der Waals surface area contributed by atoms with Crippen LogP contribution in [0, 0.1) is 0 Å². The second kappa shape index (κ2) is 7.44. The average Bonchev–Trinajstić information content (AvgIpc) is 3.30. The molecule has 3 aliphatic rings. The zero-order valence-corrected chi connectivity index (χ0v) is 17.3. The van der Waals surface area contributed by atoms with Crippen LogP contribution in [-0.2, 0) is 30.0 Å². The molecule has 0 N–H and O–H groups in total. The number of fused-ring (bicyclic) bond motifs is 1. The first-order valence-corrected chi connectivity index (χ1v) is 10.7. The Morgan fingerprint density at radius 3 is 2.62 bits per heavy atom. The van der Waals surface area contributed by atoms with Crippen LogP contribution in [0.5, 0.6) is 0 Å². The zero-order chi connectivity index (χ0) is 19.8. The van der Waals surface area contributed by atoms with Gasteiger partial charge in [0.1, 0.15) is 6.54 Å². The molecule has 5 rings (SSSR count). The molecule has 0 saturated heterocycles. The molecule has 7 heteroatoms. The van der Waals surface area contributed by atoms with E-state index >= 15 is 0 Å². The van der Waals surface area contributed by atoms with Crippen molar-refractivity contribution in [2.75, 3.05) is 20.3 Å². The summed E-state index contributed by atoms with van der Waals surface area (Å²) in [7, 11) is 3.77. The number of nitrogens with zero attached hydrogens (tertiary/aromatic N) is 6. The number of ether oxygens (including phenoxy) is 1. The third-order valence-electron chi connectivity index (χ3n) is 6.69. The summed E-state index contributed by atoms with van der Waals surface area (Å²) in [5.74, 6) is 0.